The second kappa shape index (κ2) is 4.95. The number of ether oxygens (including phenoxy) is 2. The van der Waals surface area contributed by atoms with Gasteiger partial charge in [0.1, 0.15) is 13.2 Å². The Morgan fingerprint density at radius 1 is 0.652 bits per heavy atom. The molecule has 23 heavy (non-hydrogen) atoms. The molecule has 0 radical (unpaired) electrons. The Kier molecular flexibility index (Phi) is 2.77. The molecule has 4 heteroatoms. The molecule has 3 heterocycles. The molecule has 0 spiro atoms. The van der Waals surface area contributed by atoms with E-state index in [2.05, 4.69) is 70.5 Å². The van der Waals surface area contributed by atoms with Gasteiger partial charge in [-0.2, -0.15) is 0 Å². The maximum atomic E-state index is 5.98. The third kappa shape index (κ3) is 1.91. The van der Waals surface area contributed by atoms with Gasteiger partial charge in [-0.05, 0) is 11.1 Å². The average Bonchev–Trinajstić information content (AvgIpc) is 3.27. The van der Waals surface area contributed by atoms with Crippen molar-refractivity contribution in [3.05, 3.63) is 83.6 Å². The van der Waals surface area contributed by atoms with Gasteiger partial charge in [0, 0.05) is 0 Å². The Labute approximate surface area is 135 Å². The summed E-state index contributed by atoms with van der Waals surface area (Å²) in [4.78, 5) is 4.64. The van der Waals surface area contributed by atoms with Crippen LogP contribution in [0.2, 0.25) is 0 Å². The van der Waals surface area contributed by atoms with E-state index >= 15 is 0 Å². The SMILES string of the molecule is c1ccc([C@H]2COC3=C4OC[C@H](c5ccccc5)N4CN32)cc1. The number of benzene rings is 2. The van der Waals surface area contributed by atoms with Gasteiger partial charge >= 0.3 is 0 Å². The van der Waals surface area contributed by atoms with Crippen LogP contribution in [0.4, 0.5) is 0 Å². The van der Waals surface area contributed by atoms with Crippen molar-refractivity contribution in [1.29, 1.82) is 0 Å². The van der Waals surface area contributed by atoms with Gasteiger partial charge in [0.15, 0.2) is 0 Å². The second-order valence-corrected chi connectivity index (χ2v) is 6.17. The lowest BCUT2D eigenvalue weighted by atomic mass is 10.1. The highest BCUT2D eigenvalue weighted by Crippen LogP contribution is 2.45. The third-order valence-corrected chi connectivity index (χ3v) is 4.89. The molecule has 2 aromatic carbocycles. The van der Waals surface area contributed by atoms with Crippen molar-refractivity contribution in [1.82, 2.24) is 9.80 Å². The van der Waals surface area contributed by atoms with Gasteiger partial charge in [-0.1, -0.05) is 60.7 Å². The van der Waals surface area contributed by atoms with E-state index in [1.807, 2.05) is 0 Å². The van der Waals surface area contributed by atoms with Crippen molar-refractivity contribution in [3.63, 3.8) is 0 Å². The van der Waals surface area contributed by atoms with E-state index < -0.39 is 0 Å². The Morgan fingerprint density at radius 3 is 1.52 bits per heavy atom. The molecular formula is C19H18N2O2. The molecule has 5 rings (SSSR count). The zero-order chi connectivity index (χ0) is 15.2. The first-order valence-corrected chi connectivity index (χ1v) is 8.05. The minimum absolute atomic E-state index is 0.268. The fourth-order valence-corrected chi connectivity index (χ4v) is 3.71. The monoisotopic (exact) mass is 306 g/mol. The maximum absolute atomic E-state index is 5.98. The fraction of sp³-hybridized carbons (Fsp3) is 0.263. The predicted octanol–water partition coefficient (Wildman–Crippen LogP) is 3.23. The van der Waals surface area contributed by atoms with Crippen molar-refractivity contribution in [2.75, 3.05) is 19.9 Å². The number of hydrogen-bond acceptors (Lipinski definition) is 4. The zero-order valence-corrected chi connectivity index (χ0v) is 12.8. The standard InChI is InChI=1S/C19H18N2O2/c1-3-7-14(8-4-1)16-11-22-18-19-21(13-20(16)18)17(12-23-19)15-9-5-2-6-10-15/h1-10,16-17H,11-13H2/t16-,17-/m1/s1. The van der Waals surface area contributed by atoms with Crippen molar-refractivity contribution < 1.29 is 9.47 Å². The molecule has 2 fully saturated rings. The normalized spacial score (nSPS) is 25.2. The molecule has 0 bridgehead atoms. The quantitative estimate of drug-likeness (QED) is 0.850. The van der Waals surface area contributed by atoms with Crippen LogP contribution in [-0.4, -0.2) is 29.7 Å². The van der Waals surface area contributed by atoms with Crippen molar-refractivity contribution in [2.45, 2.75) is 12.1 Å². The van der Waals surface area contributed by atoms with E-state index in [0.717, 1.165) is 18.4 Å². The van der Waals surface area contributed by atoms with Crippen LogP contribution in [0, 0.1) is 0 Å². The molecule has 0 aliphatic carbocycles. The maximum Gasteiger partial charge on any atom is 0.254 e. The van der Waals surface area contributed by atoms with Gasteiger partial charge in [0.2, 0.25) is 0 Å². The van der Waals surface area contributed by atoms with Gasteiger partial charge < -0.3 is 19.3 Å². The first-order valence-electron chi connectivity index (χ1n) is 8.05. The summed E-state index contributed by atoms with van der Waals surface area (Å²) in [5.41, 5.74) is 2.58. The lowest BCUT2D eigenvalue weighted by Crippen LogP contribution is -2.30. The average molecular weight is 306 g/mol. The second-order valence-electron chi connectivity index (χ2n) is 6.17. The molecule has 2 aromatic rings. The molecule has 3 aliphatic heterocycles. The van der Waals surface area contributed by atoms with Crippen LogP contribution in [0.25, 0.3) is 0 Å². The summed E-state index contributed by atoms with van der Waals surface area (Å²) in [6.07, 6.45) is 0. The Hall–Kier alpha value is -2.62. The molecule has 0 unspecified atom stereocenters. The molecule has 0 saturated carbocycles. The van der Waals surface area contributed by atoms with Crippen LogP contribution in [0.15, 0.2) is 72.4 Å². The van der Waals surface area contributed by atoms with E-state index in [4.69, 9.17) is 9.47 Å². The summed E-state index contributed by atoms with van der Waals surface area (Å²) < 4.78 is 12.0. The summed E-state index contributed by atoms with van der Waals surface area (Å²) in [7, 11) is 0. The van der Waals surface area contributed by atoms with E-state index in [-0.39, 0.29) is 12.1 Å². The number of nitrogens with zero attached hydrogens (tertiary/aromatic N) is 2. The molecular weight excluding hydrogens is 288 g/mol. The molecule has 2 saturated heterocycles. The molecule has 116 valence electrons. The molecule has 2 atom stereocenters. The lowest BCUT2D eigenvalue weighted by molar-refractivity contribution is 0.189. The summed E-state index contributed by atoms with van der Waals surface area (Å²) in [6, 6.07) is 21.6. The predicted molar refractivity (Wildman–Crippen MR) is 85.8 cm³/mol. The first kappa shape index (κ1) is 12.9. The number of hydrogen-bond donors (Lipinski definition) is 0. The summed E-state index contributed by atoms with van der Waals surface area (Å²) in [6.45, 7) is 2.20. The zero-order valence-electron chi connectivity index (χ0n) is 12.8. The van der Waals surface area contributed by atoms with Gasteiger partial charge in [0.05, 0.1) is 18.8 Å². The number of fused-ring (bicyclic) bond motifs is 2. The van der Waals surface area contributed by atoms with Crippen LogP contribution < -0.4 is 0 Å². The van der Waals surface area contributed by atoms with Gasteiger partial charge in [-0.3, -0.25) is 0 Å². The summed E-state index contributed by atoms with van der Waals surface area (Å²) in [5, 5.41) is 0. The molecule has 0 aromatic heterocycles. The molecule has 3 aliphatic rings. The Bertz CT molecular complexity index is 681. The van der Waals surface area contributed by atoms with Crippen LogP contribution in [-0.2, 0) is 9.47 Å². The Morgan fingerprint density at radius 2 is 1.09 bits per heavy atom. The van der Waals surface area contributed by atoms with Crippen LogP contribution in [0.5, 0.6) is 0 Å². The van der Waals surface area contributed by atoms with Crippen LogP contribution in [0.1, 0.15) is 23.2 Å². The Balaban J connectivity index is 1.46. The topological polar surface area (TPSA) is 24.9 Å². The minimum Gasteiger partial charge on any atom is -0.473 e. The van der Waals surface area contributed by atoms with Gasteiger partial charge in [-0.25, -0.2) is 0 Å². The number of rotatable bonds is 2. The van der Waals surface area contributed by atoms with Gasteiger partial charge in [-0.15, -0.1) is 0 Å². The van der Waals surface area contributed by atoms with E-state index in [1.165, 1.54) is 11.1 Å². The van der Waals surface area contributed by atoms with Crippen molar-refractivity contribution in [3.8, 4) is 0 Å². The smallest absolute Gasteiger partial charge is 0.254 e. The molecule has 4 nitrogen and oxygen atoms in total. The largest absolute Gasteiger partial charge is 0.473 e. The molecule has 0 N–H and O–H groups in total. The van der Waals surface area contributed by atoms with Crippen molar-refractivity contribution >= 4 is 0 Å². The van der Waals surface area contributed by atoms with Crippen molar-refractivity contribution in [2.24, 2.45) is 0 Å². The highest BCUT2D eigenvalue weighted by Gasteiger charge is 2.47. The molecule has 0 amide bonds. The third-order valence-electron chi connectivity index (χ3n) is 4.89. The van der Waals surface area contributed by atoms with Crippen LogP contribution in [0.3, 0.4) is 0 Å². The van der Waals surface area contributed by atoms with E-state index in [9.17, 15) is 0 Å². The van der Waals surface area contributed by atoms with Crippen LogP contribution >= 0.6 is 0 Å². The first-order chi connectivity index (χ1) is 11.4. The van der Waals surface area contributed by atoms with E-state index in [1.54, 1.807) is 0 Å². The lowest BCUT2D eigenvalue weighted by Gasteiger charge is -2.26. The summed E-state index contributed by atoms with van der Waals surface area (Å²) >= 11 is 0. The minimum atomic E-state index is 0.268. The highest BCUT2D eigenvalue weighted by atomic mass is 16.6. The fourth-order valence-electron chi connectivity index (χ4n) is 3.71. The highest BCUT2D eigenvalue weighted by molar-refractivity contribution is 5.28. The summed E-state index contributed by atoms with van der Waals surface area (Å²) in [5.74, 6) is 1.80. The van der Waals surface area contributed by atoms with E-state index in [0.29, 0.717) is 13.2 Å². The van der Waals surface area contributed by atoms with Gasteiger partial charge in [0.25, 0.3) is 11.8 Å².